The van der Waals surface area contributed by atoms with E-state index in [1.54, 1.807) is 12.1 Å². The molecule has 29 heavy (non-hydrogen) atoms. The first-order chi connectivity index (χ1) is 13.7. The maximum atomic E-state index is 12.6. The Morgan fingerprint density at radius 3 is 2.38 bits per heavy atom. The van der Waals surface area contributed by atoms with Crippen LogP contribution in [0.2, 0.25) is 0 Å². The second-order valence-corrected chi connectivity index (χ2v) is 10.1. The highest BCUT2D eigenvalue weighted by Crippen LogP contribution is 2.69. The lowest BCUT2D eigenvalue weighted by molar-refractivity contribution is -0.117. The van der Waals surface area contributed by atoms with Gasteiger partial charge in [-0.15, -0.1) is 10.2 Å². The van der Waals surface area contributed by atoms with Gasteiger partial charge in [-0.2, -0.15) is 8.78 Å². The van der Waals surface area contributed by atoms with Crippen LogP contribution in [-0.4, -0.2) is 23.9 Å². The van der Waals surface area contributed by atoms with Crippen molar-refractivity contribution in [1.29, 1.82) is 0 Å². The van der Waals surface area contributed by atoms with Crippen molar-refractivity contribution < 1.29 is 22.7 Å². The molecule has 1 aromatic carbocycles. The van der Waals surface area contributed by atoms with Crippen molar-refractivity contribution in [2.75, 3.05) is 7.11 Å². The molecular weight excluding hydrogens is 378 g/mol. The standard InChI is InChI=1S/C22H26F2N2O3/c1-20-7-13-8-21(2,10-20)12-22(9-13,11-20)18-26-25-17(29-18)14-4-5-15(28-19(23)24)16(6-14)27-3/h4-6,13,19H,7-12H2,1-3H3. The molecule has 7 heteroatoms. The normalized spacial score (nSPS) is 35.3. The minimum atomic E-state index is -2.91. The van der Waals surface area contributed by atoms with Crippen LogP contribution in [0.25, 0.3) is 11.5 Å². The number of benzene rings is 1. The molecule has 2 unspecified atom stereocenters. The number of nitrogens with zero attached hydrogens (tertiary/aromatic N) is 2. The lowest BCUT2D eigenvalue weighted by atomic mass is 9.40. The number of aromatic nitrogens is 2. The van der Waals surface area contributed by atoms with Crippen LogP contribution >= 0.6 is 0 Å². The first kappa shape index (κ1) is 18.8. The average Bonchev–Trinajstić information content (AvgIpc) is 3.09. The van der Waals surface area contributed by atoms with Crippen LogP contribution in [0.15, 0.2) is 22.6 Å². The van der Waals surface area contributed by atoms with Crippen LogP contribution in [0, 0.1) is 16.7 Å². The van der Waals surface area contributed by atoms with Crippen molar-refractivity contribution in [2.45, 2.75) is 64.4 Å². The van der Waals surface area contributed by atoms with E-state index < -0.39 is 6.61 Å². The van der Waals surface area contributed by atoms with E-state index in [0.29, 0.717) is 22.3 Å². The molecule has 4 fully saturated rings. The molecule has 156 valence electrons. The van der Waals surface area contributed by atoms with E-state index >= 15 is 0 Å². The van der Waals surface area contributed by atoms with E-state index in [0.717, 1.165) is 31.1 Å². The topological polar surface area (TPSA) is 57.4 Å². The zero-order valence-electron chi connectivity index (χ0n) is 17.0. The minimum absolute atomic E-state index is 0.0204. The Morgan fingerprint density at radius 1 is 1.03 bits per heavy atom. The van der Waals surface area contributed by atoms with Crippen LogP contribution in [0.3, 0.4) is 0 Å². The first-order valence-electron chi connectivity index (χ1n) is 10.2. The Balaban J connectivity index is 1.47. The second-order valence-electron chi connectivity index (χ2n) is 10.1. The molecule has 4 saturated carbocycles. The van der Waals surface area contributed by atoms with Gasteiger partial charge in [-0.1, -0.05) is 13.8 Å². The highest BCUT2D eigenvalue weighted by molar-refractivity contribution is 5.59. The van der Waals surface area contributed by atoms with Gasteiger partial charge in [0.1, 0.15) is 0 Å². The van der Waals surface area contributed by atoms with Crippen molar-refractivity contribution in [1.82, 2.24) is 10.2 Å². The molecule has 1 heterocycles. The summed E-state index contributed by atoms with van der Waals surface area (Å²) in [6.07, 6.45) is 7.19. The van der Waals surface area contributed by atoms with Gasteiger partial charge in [0.2, 0.25) is 11.8 Å². The lowest BCUT2D eigenvalue weighted by Crippen LogP contribution is -2.57. The molecule has 0 radical (unpaired) electrons. The number of rotatable bonds is 5. The Hall–Kier alpha value is -2.18. The third kappa shape index (κ3) is 3.09. The van der Waals surface area contributed by atoms with Crippen LogP contribution in [-0.2, 0) is 5.41 Å². The SMILES string of the molecule is COc1cc(-c2nnc(C34CC5CC(C)(CC(C)(C5)C3)C4)o2)ccc1OC(F)F. The molecule has 4 bridgehead atoms. The Kier molecular flexibility index (Phi) is 4.00. The third-order valence-corrected chi connectivity index (χ3v) is 7.13. The Bertz CT molecular complexity index is 926. The second kappa shape index (κ2) is 6.16. The molecular formula is C22H26F2N2O3. The fourth-order valence-electron chi connectivity index (χ4n) is 7.23. The van der Waals surface area contributed by atoms with E-state index in [9.17, 15) is 8.78 Å². The van der Waals surface area contributed by atoms with E-state index in [-0.39, 0.29) is 16.9 Å². The predicted octanol–water partition coefficient (Wildman–Crippen LogP) is 5.59. The van der Waals surface area contributed by atoms with E-state index in [2.05, 4.69) is 28.8 Å². The van der Waals surface area contributed by atoms with Gasteiger partial charge in [0.25, 0.3) is 0 Å². The zero-order chi connectivity index (χ0) is 20.4. The van der Waals surface area contributed by atoms with E-state index in [1.165, 1.54) is 32.4 Å². The lowest BCUT2D eigenvalue weighted by Gasteiger charge is -2.64. The van der Waals surface area contributed by atoms with Gasteiger partial charge in [0.15, 0.2) is 11.5 Å². The van der Waals surface area contributed by atoms with Crippen molar-refractivity contribution in [3.63, 3.8) is 0 Å². The number of hydrogen-bond donors (Lipinski definition) is 0. The molecule has 0 N–H and O–H groups in total. The number of halogens is 2. The van der Waals surface area contributed by atoms with Gasteiger partial charge in [0, 0.05) is 11.0 Å². The molecule has 2 atom stereocenters. The summed E-state index contributed by atoms with van der Waals surface area (Å²) < 4.78 is 41.0. The number of methoxy groups -OCH3 is 1. The molecule has 0 saturated heterocycles. The Morgan fingerprint density at radius 2 is 1.76 bits per heavy atom. The molecule has 0 aliphatic heterocycles. The summed E-state index contributed by atoms with van der Waals surface area (Å²) in [5, 5.41) is 8.76. The highest BCUT2D eigenvalue weighted by Gasteiger charge is 2.62. The molecule has 0 spiro atoms. The predicted molar refractivity (Wildman–Crippen MR) is 102 cm³/mol. The maximum Gasteiger partial charge on any atom is 0.387 e. The van der Waals surface area contributed by atoms with Crippen LogP contribution < -0.4 is 9.47 Å². The van der Waals surface area contributed by atoms with Gasteiger partial charge in [0.05, 0.1) is 7.11 Å². The molecule has 4 aliphatic carbocycles. The molecule has 2 aromatic rings. The summed E-state index contributed by atoms with van der Waals surface area (Å²) in [7, 11) is 1.41. The summed E-state index contributed by atoms with van der Waals surface area (Å²) in [5.74, 6) is 2.02. The van der Waals surface area contributed by atoms with E-state index in [1.807, 2.05) is 0 Å². The number of alkyl halides is 2. The summed E-state index contributed by atoms with van der Waals surface area (Å²) in [6, 6.07) is 4.67. The molecule has 5 nitrogen and oxygen atoms in total. The smallest absolute Gasteiger partial charge is 0.387 e. The van der Waals surface area contributed by atoms with Crippen molar-refractivity contribution in [2.24, 2.45) is 16.7 Å². The summed E-state index contributed by atoms with van der Waals surface area (Å²) in [6.45, 7) is 1.91. The van der Waals surface area contributed by atoms with Crippen molar-refractivity contribution >= 4 is 0 Å². The van der Waals surface area contributed by atoms with Gasteiger partial charge >= 0.3 is 6.61 Å². The number of hydrogen-bond acceptors (Lipinski definition) is 5. The van der Waals surface area contributed by atoms with Gasteiger partial charge < -0.3 is 13.9 Å². The van der Waals surface area contributed by atoms with Crippen LogP contribution in [0.5, 0.6) is 11.5 Å². The molecule has 6 rings (SSSR count). The summed E-state index contributed by atoms with van der Waals surface area (Å²) in [5.41, 5.74) is 1.28. The molecule has 0 amide bonds. The van der Waals surface area contributed by atoms with E-state index in [4.69, 9.17) is 9.15 Å². The average molecular weight is 404 g/mol. The fraction of sp³-hybridized carbons (Fsp3) is 0.636. The monoisotopic (exact) mass is 404 g/mol. The maximum absolute atomic E-state index is 12.6. The fourth-order valence-corrected chi connectivity index (χ4v) is 7.23. The minimum Gasteiger partial charge on any atom is -0.493 e. The Labute approximate surface area is 168 Å². The first-order valence-corrected chi connectivity index (χ1v) is 10.2. The molecule has 1 aromatic heterocycles. The van der Waals surface area contributed by atoms with Crippen molar-refractivity contribution in [3.8, 4) is 23.0 Å². The van der Waals surface area contributed by atoms with Gasteiger partial charge in [-0.05, 0) is 73.5 Å². The summed E-state index contributed by atoms with van der Waals surface area (Å²) >= 11 is 0. The van der Waals surface area contributed by atoms with Crippen LogP contribution in [0.1, 0.15) is 58.3 Å². The zero-order valence-corrected chi connectivity index (χ0v) is 17.0. The third-order valence-electron chi connectivity index (χ3n) is 7.13. The van der Waals surface area contributed by atoms with Gasteiger partial charge in [-0.25, -0.2) is 0 Å². The highest BCUT2D eigenvalue weighted by atomic mass is 19.3. The number of ether oxygens (including phenoxy) is 2. The largest absolute Gasteiger partial charge is 0.493 e. The summed E-state index contributed by atoms with van der Waals surface area (Å²) in [4.78, 5) is 0. The van der Waals surface area contributed by atoms with Crippen LogP contribution in [0.4, 0.5) is 8.78 Å². The van der Waals surface area contributed by atoms with Crippen molar-refractivity contribution in [3.05, 3.63) is 24.1 Å². The quantitative estimate of drug-likeness (QED) is 0.650. The van der Waals surface area contributed by atoms with Gasteiger partial charge in [-0.3, -0.25) is 0 Å². The molecule has 4 aliphatic rings.